The number of ether oxygens (including phenoxy) is 2. The Kier molecular flexibility index (Phi) is 10.6. The number of para-hydroxylation sites is 1. The number of carbonyl (C=O) groups is 3. The van der Waals surface area contributed by atoms with E-state index in [9.17, 15) is 14.4 Å². The Morgan fingerprint density at radius 3 is 2.57 bits per heavy atom. The Morgan fingerprint density at radius 2 is 1.77 bits per heavy atom. The van der Waals surface area contributed by atoms with Gasteiger partial charge in [-0.15, -0.1) is 0 Å². The summed E-state index contributed by atoms with van der Waals surface area (Å²) in [6.45, 7) is 3.54. The molecule has 0 bridgehead atoms. The molecule has 0 atom stereocenters. The number of rotatable bonds is 13. The fourth-order valence-electron chi connectivity index (χ4n) is 5.95. The maximum atomic E-state index is 13.7. The first-order valence-electron chi connectivity index (χ1n) is 15.3. The quantitative estimate of drug-likeness (QED) is 0.207. The van der Waals surface area contributed by atoms with Gasteiger partial charge in [0.1, 0.15) is 0 Å². The minimum absolute atomic E-state index is 0.0781. The number of hydrogen-bond acceptors (Lipinski definition) is 8. The van der Waals surface area contributed by atoms with E-state index in [1.807, 2.05) is 6.07 Å². The Morgan fingerprint density at radius 1 is 0.977 bits per heavy atom. The number of aromatic nitrogens is 1. The number of amides is 2. The highest BCUT2D eigenvalue weighted by molar-refractivity contribution is 6.17. The van der Waals surface area contributed by atoms with E-state index in [0.29, 0.717) is 58.7 Å². The third-order valence-electron chi connectivity index (χ3n) is 8.40. The van der Waals surface area contributed by atoms with Gasteiger partial charge in [0.25, 0.3) is 5.91 Å². The highest BCUT2D eigenvalue weighted by Crippen LogP contribution is 2.36. The number of fused-ring (bicyclic) bond motifs is 2. The zero-order valence-corrected chi connectivity index (χ0v) is 25.5. The summed E-state index contributed by atoms with van der Waals surface area (Å²) in [5.74, 6) is 2.01. The predicted octanol–water partition coefficient (Wildman–Crippen LogP) is 5.07. The number of pyridine rings is 1. The van der Waals surface area contributed by atoms with Gasteiger partial charge >= 0.3 is 0 Å². The molecule has 0 aliphatic carbocycles. The minimum Gasteiger partial charge on any atom is -0.493 e. The zero-order chi connectivity index (χ0) is 30.9. The first kappa shape index (κ1) is 31.2. The third kappa shape index (κ3) is 7.43. The average Bonchev–Trinajstić information content (AvgIpc) is 3.18. The Balaban J connectivity index is 1.02. The highest BCUT2D eigenvalue weighted by atomic mass is 16.5. The van der Waals surface area contributed by atoms with Crippen molar-refractivity contribution in [2.45, 2.75) is 38.5 Å². The monoisotopic (exact) mass is 599 g/mol. The van der Waals surface area contributed by atoms with E-state index < -0.39 is 0 Å². The van der Waals surface area contributed by atoms with E-state index >= 15 is 0 Å². The summed E-state index contributed by atoms with van der Waals surface area (Å²) in [6, 6.07) is 15.9. The number of ketones is 1. The summed E-state index contributed by atoms with van der Waals surface area (Å²) in [6.07, 6.45) is 7.56. The van der Waals surface area contributed by atoms with Crippen LogP contribution in [0.15, 0.2) is 60.8 Å². The van der Waals surface area contributed by atoms with Crippen molar-refractivity contribution in [1.29, 1.82) is 0 Å². The summed E-state index contributed by atoms with van der Waals surface area (Å²) in [5.41, 5.74) is 2.17. The normalized spacial score (nSPS) is 15.1. The molecule has 0 spiro atoms. The lowest BCUT2D eigenvalue weighted by molar-refractivity contribution is -0.119. The van der Waals surface area contributed by atoms with Crippen molar-refractivity contribution in [3.63, 3.8) is 0 Å². The first-order valence-corrected chi connectivity index (χ1v) is 15.3. The van der Waals surface area contributed by atoms with Crippen LogP contribution in [-0.2, 0) is 4.79 Å². The second kappa shape index (κ2) is 14.9. The molecule has 3 heterocycles. The predicted molar refractivity (Wildman–Crippen MR) is 170 cm³/mol. The van der Waals surface area contributed by atoms with Gasteiger partial charge in [0.15, 0.2) is 23.1 Å². The van der Waals surface area contributed by atoms with Crippen LogP contribution in [-0.4, -0.2) is 74.4 Å². The molecule has 2 aromatic carbocycles. The number of benzene rings is 2. The molecule has 0 unspecified atom stereocenters. The molecule has 1 fully saturated rings. The Labute approximate surface area is 258 Å². The van der Waals surface area contributed by atoms with Crippen molar-refractivity contribution in [3.05, 3.63) is 71.9 Å². The maximum absolute atomic E-state index is 13.7. The molecule has 5 rings (SSSR count). The molecule has 2 amide bonds. The van der Waals surface area contributed by atoms with Gasteiger partial charge < -0.3 is 20.1 Å². The lowest BCUT2D eigenvalue weighted by atomic mass is 9.91. The number of carbonyl (C=O) groups excluding carboxylic acids is 3. The van der Waals surface area contributed by atoms with E-state index in [2.05, 4.69) is 20.5 Å². The van der Waals surface area contributed by atoms with Crippen LogP contribution < -0.4 is 25.0 Å². The van der Waals surface area contributed by atoms with Crippen LogP contribution in [0.25, 0.3) is 0 Å². The van der Waals surface area contributed by atoms with Crippen molar-refractivity contribution in [3.8, 4) is 11.5 Å². The second-order valence-corrected chi connectivity index (χ2v) is 11.3. The Hall–Kier alpha value is -4.28. The molecule has 3 aromatic rings. The van der Waals surface area contributed by atoms with E-state index in [-0.39, 0.29) is 24.1 Å². The number of unbranched alkanes of at least 4 members (excludes halogenated alkanes) is 1. The molecule has 44 heavy (non-hydrogen) atoms. The molecular formula is C34H41N5O5. The van der Waals surface area contributed by atoms with E-state index in [0.717, 1.165) is 45.3 Å². The van der Waals surface area contributed by atoms with Gasteiger partial charge in [-0.05, 0) is 87.3 Å². The lowest BCUT2D eigenvalue weighted by Crippen LogP contribution is -2.42. The second-order valence-electron chi connectivity index (χ2n) is 11.3. The van der Waals surface area contributed by atoms with Gasteiger partial charge in [-0.25, -0.2) is 4.98 Å². The molecule has 2 aliphatic heterocycles. The Bertz CT molecular complexity index is 1470. The number of methoxy groups -OCH3 is 2. The van der Waals surface area contributed by atoms with Crippen LogP contribution in [0.5, 0.6) is 11.5 Å². The van der Waals surface area contributed by atoms with E-state index in [1.54, 1.807) is 73.8 Å². The summed E-state index contributed by atoms with van der Waals surface area (Å²) in [5, 5.41) is 6.29. The summed E-state index contributed by atoms with van der Waals surface area (Å²) < 4.78 is 10.5. The number of hydrogen-bond donors (Lipinski definition) is 2. The molecule has 10 nitrogen and oxygen atoms in total. The molecule has 1 saturated heterocycles. The SMILES string of the molecule is COc1ccc(C(=O)CCNCCCCC2CCN(CC(=O)N3c4ccccc4C(=O)Nc4cccnc43)CC2)cc1OC. The molecule has 1 aromatic heterocycles. The topological polar surface area (TPSA) is 113 Å². The van der Waals surface area contributed by atoms with Crippen molar-refractivity contribution in [1.82, 2.24) is 15.2 Å². The van der Waals surface area contributed by atoms with Crippen molar-refractivity contribution >= 4 is 34.8 Å². The number of piperidine rings is 1. The fraction of sp³-hybridized carbons (Fsp3) is 0.412. The number of likely N-dealkylation sites (tertiary alicyclic amines) is 1. The molecule has 0 saturated carbocycles. The van der Waals surface area contributed by atoms with Gasteiger partial charge in [0.2, 0.25) is 5.91 Å². The molecular weight excluding hydrogens is 558 g/mol. The average molecular weight is 600 g/mol. The molecule has 10 heteroatoms. The van der Waals surface area contributed by atoms with Crippen molar-refractivity contribution < 1.29 is 23.9 Å². The maximum Gasteiger partial charge on any atom is 0.257 e. The van der Waals surface area contributed by atoms with Crippen molar-refractivity contribution in [2.75, 3.05) is 57.2 Å². The van der Waals surface area contributed by atoms with Gasteiger partial charge in [-0.2, -0.15) is 0 Å². The number of nitrogens with zero attached hydrogens (tertiary/aromatic N) is 3. The summed E-state index contributed by atoms with van der Waals surface area (Å²) >= 11 is 0. The van der Waals surface area contributed by atoms with E-state index in [1.165, 1.54) is 6.42 Å². The van der Waals surface area contributed by atoms with Gasteiger partial charge in [-0.1, -0.05) is 25.0 Å². The van der Waals surface area contributed by atoms with Gasteiger partial charge in [0.05, 0.1) is 37.7 Å². The highest BCUT2D eigenvalue weighted by Gasteiger charge is 2.31. The van der Waals surface area contributed by atoms with Crippen LogP contribution in [0.1, 0.15) is 59.2 Å². The smallest absolute Gasteiger partial charge is 0.257 e. The molecule has 0 radical (unpaired) electrons. The number of nitrogens with one attached hydrogen (secondary N) is 2. The molecule has 232 valence electrons. The van der Waals surface area contributed by atoms with Gasteiger partial charge in [0, 0.05) is 24.7 Å². The lowest BCUT2D eigenvalue weighted by Gasteiger charge is -2.33. The largest absolute Gasteiger partial charge is 0.493 e. The fourth-order valence-corrected chi connectivity index (χ4v) is 5.95. The van der Waals surface area contributed by atoms with E-state index in [4.69, 9.17) is 9.47 Å². The first-order chi connectivity index (χ1) is 21.5. The van der Waals surface area contributed by atoms with Gasteiger partial charge in [-0.3, -0.25) is 24.2 Å². The number of anilines is 3. The minimum atomic E-state index is -0.246. The van der Waals surface area contributed by atoms with Crippen LogP contribution >= 0.6 is 0 Å². The van der Waals surface area contributed by atoms with Crippen LogP contribution in [0.4, 0.5) is 17.2 Å². The molecule has 2 N–H and O–H groups in total. The molecule has 2 aliphatic rings. The summed E-state index contributed by atoms with van der Waals surface area (Å²) in [4.78, 5) is 47.3. The van der Waals surface area contributed by atoms with Crippen LogP contribution in [0.2, 0.25) is 0 Å². The summed E-state index contributed by atoms with van der Waals surface area (Å²) in [7, 11) is 3.14. The number of Topliss-reactive ketones (excluding diaryl/α,β-unsaturated/α-hetero) is 1. The van der Waals surface area contributed by atoms with Crippen LogP contribution in [0, 0.1) is 5.92 Å². The standard InChI is InChI=1S/C34H41N5O5/c1-43-30-13-12-25(22-31(30)44-2)29(40)14-19-35-17-6-5-8-24-15-20-38(21-16-24)23-32(41)39-28-11-4-3-9-26(28)34(42)37-27-10-7-18-36-33(27)39/h3-4,7,9-13,18,22,24,35H,5-6,8,14-17,19-21,23H2,1-2H3,(H,37,42). The van der Waals surface area contributed by atoms with Crippen molar-refractivity contribution in [2.24, 2.45) is 5.92 Å². The zero-order valence-electron chi connectivity index (χ0n) is 25.5. The van der Waals surface area contributed by atoms with Crippen LogP contribution in [0.3, 0.4) is 0 Å². The third-order valence-corrected chi connectivity index (χ3v) is 8.40.